The van der Waals surface area contributed by atoms with Crippen molar-refractivity contribution in [2.75, 3.05) is 0 Å². The number of carbonyl (C=O) groups excluding carboxylic acids is 2. The molecule has 1 aromatic rings. The smallest absolute Gasteiger partial charge is 0.323 e. The Kier molecular flexibility index (Phi) is 4.04. The van der Waals surface area contributed by atoms with Gasteiger partial charge in [0.05, 0.1) is 0 Å². The number of piperidine rings is 1. The summed E-state index contributed by atoms with van der Waals surface area (Å²) in [5.74, 6) is -0.321. The van der Waals surface area contributed by atoms with Crippen LogP contribution in [0.5, 0.6) is 0 Å². The molecule has 0 bridgehead atoms. The van der Waals surface area contributed by atoms with Gasteiger partial charge in [-0.15, -0.1) is 0 Å². The molecule has 0 amide bonds. The van der Waals surface area contributed by atoms with Crippen molar-refractivity contribution >= 4 is 27.7 Å². The summed E-state index contributed by atoms with van der Waals surface area (Å²) in [4.78, 5) is 25.3. The molecule has 4 nitrogen and oxygen atoms in total. The molecule has 2 fully saturated rings. The first-order valence-electron chi connectivity index (χ1n) is 8.75. The number of hydrogen-bond acceptors (Lipinski definition) is 4. The van der Waals surface area contributed by atoms with Crippen LogP contribution in [0.15, 0.2) is 22.7 Å². The SMILES string of the molecule is C[C@@]12CC[C@@H](C(=O)OC3CCCc4cc(Br)ccc4C3=O)N[C@@H]1C2. The Morgan fingerprint density at radius 2 is 2.21 bits per heavy atom. The number of carbonyl (C=O) groups is 2. The summed E-state index contributed by atoms with van der Waals surface area (Å²) in [5.41, 5.74) is 2.11. The normalized spacial score (nSPS) is 34.8. The predicted molar refractivity (Wildman–Crippen MR) is 94.0 cm³/mol. The highest BCUT2D eigenvalue weighted by Gasteiger charge is 2.54. The van der Waals surface area contributed by atoms with Crippen molar-refractivity contribution in [2.24, 2.45) is 5.41 Å². The highest BCUT2D eigenvalue weighted by molar-refractivity contribution is 9.10. The van der Waals surface area contributed by atoms with Crippen LogP contribution in [0.25, 0.3) is 0 Å². The Hall–Kier alpha value is -1.20. The Balaban J connectivity index is 1.45. The second-order valence-corrected chi connectivity index (χ2v) is 8.57. The van der Waals surface area contributed by atoms with Crippen molar-refractivity contribution in [3.05, 3.63) is 33.8 Å². The average molecular weight is 392 g/mol. The van der Waals surface area contributed by atoms with Gasteiger partial charge in [0.2, 0.25) is 5.78 Å². The van der Waals surface area contributed by atoms with E-state index in [1.54, 1.807) is 0 Å². The Morgan fingerprint density at radius 1 is 1.38 bits per heavy atom. The van der Waals surface area contributed by atoms with Gasteiger partial charge in [-0.2, -0.15) is 0 Å². The van der Waals surface area contributed by atoms with Gasteiger partial charge >= 0.3 is 5.97 Å². The number of nitrogens with one attached hydrogen (secondary N) is 1. The minimum absolute atomic E-state index is 0.0598. The molecule has 1 aliphatic heterocycles. The van der Waals surface area contributed by atoms with Crippen molar-refractivity contribution in [2.45, 2.75) is 63.6 Å². The largest absolute Gasteiger partial charge is 0.453 e. The van der Waals surface area contributed by atoms with Gasteiger partial charge in [0, 0.05) is 16.1 Å². The van der Waals surface area contributed by atoms with Crippen LogP contribution in [0.1, 0.15) is 54.9 Å². The lowest BCUT2D eigenvalue weighted by Crippen LogP contribution is -2.46. The van der Waals surface area contributed by atoms with Crippen LogP contribution in [0.4, 0.5) is 0 Å². The number of Topliss-reactive ketones (excluding diaryl/α,β-unsaturated/α-hetero) is 1. The van der Waals surface area contributed by atoms with Crippen LogP contribution in [0, 0.1) is 5.41 Å². The van der Waals surface area contributed by atoms with Gasteiger partial charge < -0.3 is 10.1 Å². The third-order valence-corrected chi connectivity index (χ3v) is 6.33. The number of rotatable bonds is 2. The highest BCUT2D eigenvalue weighted by Crippen LogP contribution is 2.52. The summed E-state index contributed by atoms with van der Waals surface area (Å²) < 4.78 is 6.62. The number of halogens is 1. The maximum atomic E-state index is 12.8. The molecular formula is C19H22BrNO3. The molecule has 5 heteroatoms. The second kappa shape index (κ2) is 5.95. The van der Waals surface area contributed by atoms with Crippen LogP contribution in [0.3, 0.4) is 0 Å². The first-order valence-corrected chi connectivity index (χ1v) is 9.55. The van der Waals surface area contributed by atoms with Crippen molar-refractivity contribution in [3.8, 4) is 0 Å². The van der Waals surface area contributed by atoms with Crippen molar-refractivity contribution in [1.82, 2.24) is 5.32 Å². The molecule has 24 heavy (non-hydrogen) atoms. The standard InChI is InChI=1S/C19H22BrNO3/c1-19-8-7-14(21-16(19)10-19)18(23)24-15-4-2-3-11-9-12(20)5-6-13(11)17(15)22/h5-6,9,14-16,21H,2-4,7-8,10H2,1H3/t14-,15?,16+,19-/m0/s1. The summed E-state index contributed by atoms with van der Waals surface area (Å²) in [6, 6.07) is 5.88. The zero-order valence-corrected chi connectivity index (χ0v) is 15.4. The fourth-order valence-electron chi connectivity index (χ4n) is 4.06. The van der Waals surface area contributed by atoms with Gasteiger partial charge in [-0.25, -0.2) is 0 Å². The minimum atomic E-state index is -0.644. The molecular weight excluding hydrogens is 370 g/mol. The number of benzene rings is 1. The molecule has 1 N–H and O–H groups in total. The maximum absolute atomic E-state index is 12.8. The summed E-state index contributed by atoms with van der Waals surface area (Å²) >= 11 is 3.45. The van der Waals surface area contributed by atoms with Gasteiger partial charge in [0.15, 0.2) is 6.10 Å². The molecule has 1 heterocycles. The van der Waals surface area contributed by atoms with E-state index < -0.39 is 6.10 Å². The molecule has 0 aromatic heterocycles. The lowest BCUT2D eigenvalue weighted by atomic mass is 9.94. The number of ether oxygens (including phenoxy) is 1. The Bertz CT molecular complexity index is 704. The third kappa shape index (κ3) is 2.93. The number of ketones is 1. The first-order chi connectivity index (χ1) is 11.5. The van der Waals surface area contributed by atoms with E-state index in [2.05, 4.69) is 28.2 Å². The number of fused-ring (bicyclic) bond motifs is 2. The lowest BCUT2D eigenvalue weighted by Gasteiger charge is -2.27. The summed E-state index contributed by atoms with van der Waals surface area (Å²) in [6.45, 7) is 2.26. The molecule has 1 unspecified atom stereocenters. The number of esters is 1. The molecule has 1 saturated heterocycles. The van der Waals surface area contributed by atoms with Crippen LogP contribution in [0.2, 0.25) is 0 Å². The minimum Gasteiger partial charge on any atom is -0.453 e. The maximum Gasteiger partial charge on any atom is 0.323 e. The van der Waals surface area contributed by atoms with Crippen molar-refractivity contribution in [1.29, 1.82) is 0 Å². The fraction of sp³-hybridized carbons (Fsp3) is 0.579. The molecule has 4 atom stereocenters. The van der Waals surface area contributed by atoms with Crippen LogP contribution >= 0.6 is 15.9 Å². The van der Waals surface area contributed by atoms with E-state index in [9.17, 15) is 9.59 Å². The van der Waals surface area contributed by atoms with Crippen LogP contribution < -0.4 is 5.32 Å². The summed E-state index contributed by atoms with van der Waals surface area (Å²) in [5, 5.41) is 3.39. The number of aryl methyl sites for hydroxylation is 1. The molecule has 2 aliphatic carbocycles. The quantitative estimate of drug-likeness (QED) is 0.619. The molecule has 0 spiro atoms. The molecule has 1 saturated carbocycles. The summed E-state index contributed by atoms with van der Waals surface area (Å²) in [7, 11) is 0. The van der Waals surface area contributed by atoms with E-state index in [1.165, 1.54) is 0 Å². The molecule has 4 rings (SSSR count). The number of hydrogen-bond donors (Lipinski definition) is 1. The van der Waals surface area contributed by atoms with E-state index in [0.29, 0.717) is 23.4 Å². The van der Waals surface area contributed by atoms with Gasteiger partial charge in [-0.05, 0) is 67.7 Å². The molecule has 1 aromatic carbocycles. The van der Waals surface area contributed by atoms with Gasteiger partial charge in [-0.1, -0.05) is 22.9 Å². The Morgan fingerprint density at radius 3 is 3.00 bits per heavy atom. The van der Waals surface area contributed by atoms with E-state index in [4.69, 9.17) is 4.74 Å². The second-order valence-electron chi connectivity index (χ2n) is 7.65. The zero-order chi connectivity index (χ0) is 16.9. The average Bonchev–Trinajstić information content (AvgIpc) is 3.25. The van der Waals surface area contributed by atoms with E-state index >= 15 is 0 Å². The van der Waals surface area contributed by atoms with Gasteiger partial charge in [-0.3, -0.25) is 9.59 Å². The fourth-order valence-corrected chi connectivity index (χ4v) is 4.47. The zero-order valence-electron chi connectivity index (χ0n) is 13.8. The predicted octanol–water partition coefficient (Wildman–Crippen LogP) is 3.41. The van der Waals surface area contributed by atoms with Gasteiger partial charge in [0.1, 0.15) is 6.04 Å². The highest BCUT2D eigenvalue weighted by atomic mass is 79.9. The molecule has 128 valence electrons. The van der Waals surface area contributed by atoms with Crippen LogP contribution in [-0.2, 0) is 16.0 Å². The molecule has 3 aliphatic rings. The first kappa shape index (κ1) is 16.3. The third-order valence-electron chi connectivity index (χ3n) is 5.84. The van der Waals surface area contributed by atoms with Gasteiger partial charge in [0.25, 0.3) is 0 Å². The van der Waals surface area contributed by atoms with Crippen molar-refractivity contribution < 1.29 is 14.3 Å². The van der Waals surface area contributed by atoms with E-state index in [-0.39, 0.29) is 17.8 Å². The molecule has 0 radical (unpaired) electrons. The van der Waals surface area contributed by atoms with Crippen LogP contribution in [-0.4, -0.2) is 29.9 Å². The monoisotopic (exact) mass is 391 g/mol. The van der Waals surface area contributed by atoms with Crippen molar-refractivity contribution in [3.63, 3.8) is 0 Å². The Labute approximate surface area is 150 Å². The summed E-state index contributed by atoms with van der Waals surface area (Å²) in [6.07, 6.45) is 4.65. The lowest BCUT2D eigenvalue weighted by molar-refractivity contribution is -0.150. The van der Waals surface area contributed by atoms with E-state index in [0.717, 1.165) is 42.1 Å². The topological polar surface area (TPSA) is 55.4 Å². The van der Waals surface area contributed by atoms with E-state index in [1.807, 2.05) is 18.2 Å².